The van der Waals surface area contributed by atoms with Gasteiger partial charge in [0, 0.05) is 6.54 Å². The summed E-state index contributed by atoms with van der Waals surface area (Å²) in [4.78, 5) is 0. The minimum Gasteiger partial charge on any atom is -0.489 e. The van der Waals surface area contributed by atoms with Crippen molar-refractivity contribution in [3.05, 3.63) is 51.4 Å². The second-order valence-electron chi connectivity index (χ2n) is 4.03. The van der Waals surface area contributed by atoms with Gasteiger partial charge < -0.3 is 10.1 Å². The lowest BCUT2D eigenvalue weighted by atomic mass is 10.2. The maximum Gasteiger partial charge on any atom is 0.183 e. The monoisotopic (exact) mass is 299 g/mol. The number of halogens is 2. The summed E-state index contributed by atoms with van der Waals surface area (Å²) in [7, 11) is 0. The second kappa shape index (κ2) is 7.48. The van der Waals surface area contributed by atoms with Crippen LogP contribution in [0.5, 0.6) is 5.75 Å². The van der Waals surface area contributed by atoms with Gasteiger partial charge in [-0.05, 0) is 47.5 Å². The molecule has 2 aromatic rings. The van der Waals surface area contributed by atoms with Crippen molar-refractivity contribution in [1.82, 2.24) is 5.32 Å². The normalized spacial score (nSPS) is 10.6. The predicted octanol–water partition coefficient (Wildman–Crippen LogP) is 3.75. The van der Waals surface area contributed by atoms with E-state index in [0.29, 0.717) is 13.2 Å². The van der Waals surface area contributed by atoms with Gasteiger partial charge >= 0.3 is 0 Å². The van der Waals surface area contributed by atoms with Crippen molar-refractivity contribution >= 4 is 22.9 Å². The van der Waals surface area contributed by atoms with E-state index in [1.807, 2.05) is 0 Å². The maximum absolute atomic E-state index is 13.5. The van der Waals surface area contributed by atoms with Crippen LogP contribution < -0.4 is 10.1 Å². The number of nitrogens with one attached hydrogen (secondary N) is 1. The topological polar surface area (TPSA) is 21.3 Å². The lowest BCUT2D eigenvalue weighted by Gasteiger charge is -2.08. The summed E-state index contributed by atoms with van der Waals surface area (Å²) in [5, 5.41) is 7.55. The number of rotatable bonds is 7. The lowest BCUT2D eigenvalue weighted by molar-refractivity contribution is 0.299. The Kier molecular flexibility index (Phi) is 5.63. The SMILES string of the molecule is Fc1c(Cl)cccc1OCCNCCc1ccsc1. The van der Waals surface area contributed by atoms with Crippen molar-refractivity contribution in [1.29, 1.82) is 0 Å². The molecule has 1 heterocycles. The van der Waals surface area contributed by atoms with E-state index in [0.717, 1.165) is 13.0 Å². The summed E-state index contributed by atoms with van der Waals surface area (Å²) in [5.41, 5.74) is 1.33. The molecule has 1 aromatic carbocycles. The number of hydrogen-bond donors (Lipinski definition) is 1. The van der Waals surface area contributed by atoms with Gasteiger partial charge in [-0.15, -0.1) is 0 Å². The highest BCUT2D eigenvalue weighted by atomic mass is 35.5. The molecule has 19 heavy (non-hydrogen) atoms. The van der Waals surface area contributed by atoms with Crippen molar-refractivity contribution in [2.24, 2.45) is 0 Å². The van der Waals surface area contributed by atoms with Crippen molar-refractivity contribution < 1.29 is 9.13 Å². The Bertz CT molecular complexity index is 504. The van der Waals surface area contributed by atoms with Gasteiger partial charge in [0.1, 0.15) is 6.61 Å². The van der Waals surface area contributed by atoms with E-state index in [-0.39, 0.29) is 10.8 Å². The van der Waals surface area contributed by atoms with Gasteiger partial charge in [0.2, 0.25) is 0 Å². The van der Waals surface area contributed by atoms with Crippen LogP contribution >= 0.6 is 22.9 Å². The molecule has 0 saturated heterocycles. The van der Waals surface area contributed by atoms with Crippen molar-refractivity contribution in [3.63, 3.8) is 0 Å². The van der Waals surface area contributed by atoms with Crippen LogP contribution in [0.15, 0.2) is 35.0 Å². The van der Waals surface area contributed by atoms with Crippen molar-refractivity contribution in [3.8, 4) is 5.75 Å². The Morgan fingerprint density at radius 2 is 2.16 bits per heavy atom. The summed E-state index contributed by atoms with van der Waals surface area (Å²) in [5.74, 6) is -0.297. The summed E-state index contributed by atoms with van der Waals surface area (Å²) in [6, 6.07) is 6.87. The summed E-state index contributed by atoms with van der Waals surface area (Å²) in [6.45, 7) is 1.98. The van der Waals surface area contributed by atoms with Gasteiger partial charge in [-0.1, -0.05) is 17.7 Å². The Balaban J connectivity index is 1.63. The molecular formula is C14H15ClFNOS. The molecule has 0 amide bonds. The van der Waals surface area contributed by atoms with E-state index in [4.69, 9.17) is 16.3 Å². The van der Waals surface area contributed by atoms with Crippen LogP contribution in [0.25, 0.3) is 0 Å². The Labute approximate surface area is 121 Å². The number of hydrogen-bond acceptors (Lipinski definition) is 3. The third-order valence-corrected chi connectivity index (χ3v) is 3.65. The first-order valence-corrected chi connectivity index (χ1v) is 7.38. The van der Waals surface area contributed by atoms with E-state index in [2.05, 4.69) is 22.1 Å². The first-order valence-electron chi connectivity index (χ1n) is 6.06. The molecule has 1 aromatic heterocycles. The summed E-state index contributed by atoms with van der Waals surface area (Å²) in [6.07, 6.45) is 0.995. The molecule has 5 heteroatoms. The first-order chi connectivity index (χ1) is 9.27. The van der Waals surface area contributed by atoms with Crippen LogP contribution in [0.3, 0.4) is 0 Å². The Morgan fingerprint density at radius 3 is 2.95 bits per heavy atom. The van der Waals surface area contributed by atoms with Crippen LogP contribution in [-0.2, 0) is 6.42 Å². The van der Waals surface area contributed by atoms with E-state index in [9.17, 15) is 4.39 Å². The zero-order chi connectivity index (χ0) is 13.5. The maximum atomic E-state index is 13.5. The van der Waals surface area contributed by atoms with Gasteiger partial charge in [0.15, 0.2) is 11.6 Å². The highest BCUT2D eigenvalue weighted by molar-refractivity contribution is 7.07. The number of ether oxygens (including phenoxy) is 1. The van der Waals surface area contributed by atoms with Gasteiger partial charge in [-0.3, -0.25) is 0 Å². The molecule has 0 saturated carbocycles. The van der Waals surface area contributed by atoms with E-state index >= 15 is 0 Å². The smallest absolute Gasteiger partial charge is 0.183 e. The van der Waals surface area contributed by atoms with Crippen LogP contribution in [0.1, 0.15) is 5.56 Å². The van der Waals surface area contributed by atoms with E-state index in [1.165, 1.54) is 11.6 Å². The van der Waals surface area contributed by atoms with Crippen molar-refractivity contribution in [2.45, 2.75) is 6.42 Å². The Hall–Kier alpha value is -1.10. The van der Waals surface area contributed by atoms with Gasteiger partial charge in [0.05, 0.1) is 5.02 Å². The molecule has 0 fully saturated rings. The highest BCUT2D eigenvalue weighted by Gasteiger charge is 2.06. The molecule has 0 aliphatic carbocycles. The van der Waals surface area contributed by atoms with E-state index < -0.39 is 5.82 Å². The zero-order valence-corrected chi connectivity index (χ0v) is 11.9. The molecule has 0 aliphatic heterocycles. The minimum absolute atomic E-state index is 0.0860. The molecule has 0 unspecified atom stereocenters. The average Bonchev–Trinajstić information content (AvgIpc) is 2.91. The minimum atomic E-state index is -0.498. The molecule has 2 nitrogen and oxygen atoms in total. The number of benzene rings is 1. The molecule has 1 N–H and O–H groups in total. The third kappa shape index (κ3) is 4.49. The fourth-order valence-corrected chi connectivity index (χ4v) is 2.49. The molecule has 0 bridgehead atoms. The molecule has 102 valence electrons. The van der Waals surface area contributed by atoms with Crippen molar-refractivity contribution in [2.75, 3.05) is 19.7 Å². The molecule has 0 spiro atoms. The fourth-order valence-electron chi connectivity index (χ4n) is 1.62. The Morgan fingerprint density at radius 1 is 1.26 bits per heavy atom. The van der Waals surface area contributed by atoms with Gasteiger partial charge in [0.25, 0.3) is 0 Å². The molecule has 0 atom stereocenters. The molecule has 0 aliphatic rings. The lowest BCUT2D eigenvalue weighted by Crippen LogP contribution is -2.23. The largest absolute Gasteiger partial charge is 0.489 e. The summed E-state index contributed by atoms with van der Waals surface area (Å²) >= 11 is 7.37. The van der Waals surface area contributed by atoms with Crippen LogP contribution in [0, 0.1) is 5.82 Å². The average molecular weight is 300 g/mol. The quantitative estimate of drug-likeness (QED) is 0.786. The second-order valence-corrected chi connectivity index (χ2v) is 5.22. The van der Waals surface area contributed by atoms with Gasteiger partial charge in [-0.2, -0.15) is 11.3 Å². The fraction of sp³-hybridized carbons (Fsp3) is 0.286. The van der Waals surface area contributed by atoms with Crippen LogP contribution in [0.2, 0.25) is 5.02 Å². The first kappa shape index (κ1) is 14.3. The van der Waals surface area contributed by atoms with Gasteiger partial charge in [-0.25, -0.2) is 4.39 Å². The highest BCUT2D eigenvalue weighted by Crippen LogP contribution is 2.23. The third-order valence-electron chi connectivity index (χ3n) is 2.62. The van der Waals surface area contributed by atoms with Crippen LogP contribution in [0.4, 0.5) is 4.39 Å². The molecule has 0 radical (unpaired) electrons. The number of thiophene rings is 1. The van der Waals surface area contributed by atoms with Crippen LogP contribution in [-0.4, -0.2) is 19.7 Å². The van der Waals surface area contributed by atoms with E-state index in [1.54, 1.807) is 23.5 Å². The molecule has 2 rings (SSSR count). The predicted molar refractivity (Wildman–Crippen MR) is 77.8 cm³/mol. The molecular weight excluding hydrogens is 285 g/mol. The summed E-state index contributed by atoms with van der Waals surface area (Å²) < 4.78 is 18.8. The standard InChI is InChI=1S/C14H15ClFNOS/c15-12-2-1-3-13(14(12)16)18-8-7-17-6-4-11-5-9-19-10-11/h1-3,5,9-10,17H,4,6-8H2. The zero-order valence-electron chi connectivity index (χ0n) is 10.4.